The van der Waals surface area contributed by atoms with Crippen molar-refractivity contribution in [3.8, 4) is 22.6 Å². The van der Waals surface area contributed by atoms with E-state index in [0.717, 1.165) is 0 Å². The van der Waals surface area contributed by atoms with E-state index in [-0.39, 0.29) is 0 Å². The molecule has 0 spiro atoms. The maximum Gasteiger partial charge on any atom is 0.308 e. The van der Waals surface area contributed by atoms with Crippen molar-refractivity contribution >= 4 is 11.9 Å². The van der Waals surface area contributed by atoms with E-state index >= 15 is 0 Å². The Bertz CT molecular complexity index is 589. The molecule has 0 radical (unpaired) electrons. The third-order valence-corrected chi connectivity index (χ3v) is 2.57. The van der Waals surface area contributed by atoms with Crippen LogP contribution in [0, 0.1) is 0 Å². The van der Waals surface area contributed by atoms with Gasteiger partial charge in [-0.25, -0.2) is 0 Å². The van der Waals surface area contributed by atoms with E-state index in [1.165, 1.54) is 13.8 Å². The van der Waals surface area contributed by atoms with Gasteiger partial charge in [-0.2, -0.15) is 0 Å². The van der Waals surface area contributed by atoms with Gasteiger partial charge in [0.25, 0.3) is 0 Å². The molecule has 2 aromatic carbocycles. The molecule has 0 amide bonds. The molecule has 0 saturated carbocycles. The SMILES string of the molecule is CC(=O)Oc1ccccc1-c1ccccc1OC(C)=O. The number of esters is 2. The van der Waals surface area contributed by atoms with Crippen LogP contribution >= 0.6 is 0 Å². The van der Waals surface area contributed by atoms with Gasteiger partial charge in [0.2, 0.25) is 0 Å². The second kappa shape index (κ2) is 6.02. The lowest BCUT2D eigenvalue weighted by Gasteiger charge is -2.12. The minimum Gasteiger partial charge on any atom is -0.426 e. The molecule has 0 aliphatic rings. The molecule has 2 rings (SSSR count). The molecule has 0 N–H and O–H groups in total. The second-order valence-electron chi connectivity index (χ2n) is 4.18. The normalized spacial score (nSPS) is 9.90. The quantitative estimate of drug-likeness (QED) is 0.635. The van der Waals surface area contributed by atoms with Crippen molar-refractivity contribution in [1.82, 2.24) is 0 Å². The number of hydrogen-bond acceptors (Lipinski definition) is 4. The molecular formula is C16H14O4. The third kappa shape index (κ3) is 3.23. The first kappa shape index (κ1) is 13.8. The van der Waals surface area contributed by atoms with Crippen LogP contribution in [-0.2, 0) is 9.59 Å². The van der Waals surface area contributed by atoms with Crippen molar-refractivity contribution in [2.45, 2.75) is 13.8 Å². The van der Waals surface area contributed by atoms with Gasteiger partial charge in [-0.3, -0.25) is 9.59 Å². The average Bonchev–Trinajstić information content (AvgIpc) is 2.39. The molecular weight excluding hydrogens is 256 g/mol. The van der Waals surface area contributed by atoms with Gasteiger partial charge in [0.15, 0.2) is 0 Å². The molecule has 0 fully saturated rings. The molecule has 0 saturated heterocycles. The van der Waals surface area contributed by atoms with Crippen LogP contribution in [0.25, 0.3) is 11.1 Å². The first-order chi connectivity index (χ1) is 9.58. The molecule has 0 atom stereocenters. The zero-order valence-electron chi connectivity index (χ0n) is 11.3. The van der Waals surface area contributed by atoms with E-state index in [2.05, 4.69) is 0 Å². The largest absolute Gasteiger partial charge is 0.426 e. The summed E-state index contributed by atoms with van der Waals surface area (Å²) in [6.07, 6.45) is 0. The number of benzene rings is 2. The Morgan fingerprint density at radius 3 is 1.40 bits per heavy atom. The van der Waals surface area contributed by atoms with Gasteiger partial charge in [-0.1, -0.05) is 36.4 Å². The molecule has 0 aromatic heterocycles. The lowest BCUT2D eigenvalue weighted by Crippen LogP contribution is -2.05. The summed E-state index contributed by atoms with van der Waals surface area (Å²) in [5, 5.41) is 0. The summed E-state index contributed by atoms with van der Waals surface area (Å²) >= 11 is 0. The van der Waals surface area contributed by atoms with E-state index in [1.807, 2.05) is 12.1 Å². The number of carbonyl (C=O) groups is 2. The maximum atomic E-state index is 11.2. The van der Waals surface area contributed by atoms with Gasteiger partial charge >= 0.3 is 11.9 Å². The molecule has 0 heterocycles. The smallest absolute Gasteiger partial charge is 0.308 e. The van der Waals surface area contributed by atoms with Crippen LogP contribution in [0.3, 0.4) is 0 Å². The summed E-state index contributed by atoms with van der Waals surface area (Å²) in [6.45, 7) is 2.68. The van der Waals surface area contributed by atoms with Crippen molar-refractivity contribution in [3.63, 3.8) is 0 Å². The highest BCUT2D eigenvalue weighted by molar-refractivity contribution is 5.81. The highest BCUT2D eigenvalue weighted by atomic mass is 16.5. The molecule has 2 aromatic rings. The van der Waals surface area contributed by atoms with Gasteiger partial charge in [0, 0.05) is 25.0 Å². The van der Waals surface area contributed by atoms with E-state index in [0.29, 0.717) is 22.6 Å². The molecule has 4 heteroatoms. The van der Waals surface area contributed by atoms with Crippen molar-refractivity contribution < 1.29 is 19.1 Å². The highest BCUT2D eigenvalue weighted by Gasteiger charge is 2.13. The highest BCUT2D eigenvalue weighted by Crippen LogP contribution is 2.36. The Morgan fingerprint density at radius 1 is 0.700 bits per heavy atom. The van der Waals surface area contributed by atoms with Gasteiger partial charge in [-0.05, 0) is 12.1 Å². The fourth-order valence-electron chi connectivity index (χ4n) is 1.87. The number of rotatable bonds is 3. The summed E-state index contributed by atoms with van der Waals surface area (Å²) in [5.41, 5.74) is 1.39. The van der Waals surface area contributed by atoms with Crippen molar-refractivity contribution in [2.24, 2.45) is 0 Å². The third-order valence-electron chi connectivity index (χ3n) is 2.57. The maximum absolute atomic E-state index is 11.2. The summed E-state index contributed by atoms with van der Waals surface area (Å²) in [7, 11) is 0. The van der Waals surface area contributed by atoms with E-state index in [4.69, 9.17) is 9.47 Å². The summed E-state index contributed by atoms with van der Waals surface area (Å²) in [5.74, 6) is 0.0593. The van der Waals surface area contributed by atoms with Crippen molar-refractivity contribution in [1.29, 1.82) is 0 Å². The topological polar surface area (TPSA) is 52.6 Å². The van der Waals surface area contributed by atoms with Crippen LogP contribution in [0.15, 0.2) is 48.5 Å². The molecule has 4 nitrogen and oxygen atoms in total. The zero-order chi connectivity index (χ0) is 14.5. The molecule has 0 aliphatic carbocycles. The summed E-state index contributed by atoms with van der Waals surface area (Å²) in [4.78, 5) is 22.3. The standard InChI is InChI=1S/C16H14O4/c1-11(17)19-15-9-5-3-7-13(15)14-8-4-6-10-16(14)20-12(2)18/h3-10H,1-2H3. The van der Waals surface area contributed by atoms with Gasteiger partial charge in [0.1, 0.15) is 11.5 Å². The van der Waals surface area contributed by atoms with Gasteiger partial charge in [0.05, 0.1) is 0 Å². The van der Waals surface area contributed by atoms with E-state index < -0.39 is 11.9 Å². The predicted octanol–water partition coefficient (Wildman–Crippen LogP) is 3.20. The molecule has 0 aliphatic heterocycles. The van der Waals surface area contributed by atoms with E-state index in [9.17, 15) is 9.59 Å². The average molecular weight is 270 g/mol. The minimum atomic E-state index is -0.401. The minimum absolute atomic E-state index is 0.401. The number of carbonyl (C=O) groups excluding carboxylic acids is 2. The first-order valence-electron chi connectivity index (χ1n) is 6.13. The van der Waals surface area contributed by atoms with Crippen molar-refractivity contribution in [3.05, 3.63) is 48.5 Å². The van der Waals surface area contributed by atoms with Crippen LogP contribution in [0.4, 0.5) is 0 Å². The lowest BCUT2D eigenvalue weighted by molar-refractivity contribution is -0.132. The Labute approximate surface area is 116 Å². The summed E-state index contributed by atoms with van der Waals surface area (Å²) < 4.78 is 10.4. The Hall–Kier alpha value is -2.62. The molecule has 0 bridgehead atoms. The Morgan fingerprint density at radius 2 is 1.05 bits per heavy atom. The molecule has 20 heavy (non-hydrogen) atoms. The van der Waals surface area contributed by atoms with Crippen LogP contribution in [0.2, 0.25) is 0 Å². The van der Waals surface area contributed by atoms with Crippen LogP contribution in [0.1, 0.15) is 13.8 Å². The van der Waals surface area contributed by atoms with Gasteiger partial charge in [-0.15, -0.1) is 0 Å². The van der Waals surface area contributed by atoms with Gasteiger partial charge < -0.3 is 9.47 Å². The van der Waals surface area contributed by atoms with Crippen molar-refractivity contribution in [2.75, 3.05) is 0 Å². The number of ether oxygens (including phenoxy) is 2. The predicted molar refractivity (Wildman–Crippen MR) is 74.5 cm³/mol. The first-order valence-corrected chi connectivity index (χ1v) is 6.13. The fraction of sp³-hybridized carbons (Fsp3) is 0.125. The number of para-hydroxylation sites is 2. The number of hydrogen-bond donors (Lipinski definition) is 0. The van der Waals surface area contributed by atoms with E-state index in [1.54, 1.807) is 36.4 Å². The lowest BCUT2D eigenvalue weighted by atomic mass is 10.0. The molecule has 0 unspecified atom stereocenters. The molecule has 102 valence electrons. The second-order valence-corrected chi connectivity index (χ2v) is 4.18. The summed E-state index contributed by atoms with van der Waals surface area (Å²) in [6, 6.07) is 14.2. The Balaban J connectivity index is 2.51. The monoisotopic (exact) mass is 270 g/mol. The Kier molecular flexibility index (Phi) is 4.15. The van der Waals surface area contributed by atoms with Crippen LogP contribution < -0.4 is 9.47 Å². The zero-order valence-corrected chi connectivity index (χ0v) is 11.3. The van der Waals surface area contributed by atoms with Crippen LogP contribution in [0.5, 0.6) is 11.5 Å². The fourth-order valence-corrected chi connectivity index (χ4v) is 1.87. The van der Waals surface area contributed by atoms with Crippen LogP contribution in [-0.4, -0.2) is 11.9 Å².